The Bertz CT molecular complexity index is 5430. The molecule has 0 spiro atoms. The predicted octanol–water partition coefficient (Wildman–Crippen LogP) is 20.3. The van der Waals surface area contributed by atoms with E-state index in [9.17, 15) is 0 Å². The van der Waals surface area contributed by atoms with E-state index in [2.05, 4.69) is 352 Å². The van der Waals surface area contributed by atoms with Crippen molar-refractivity contribution in [2.24, 2.45) is 0 Å². The lowest BCUT2D eigenvalue weighted by molar-refractivity contribution is 1.11. The lowest BCUT2D eigenvalue weighted by Crippen LogP contribution is -2.59. The van der Waals surface area contributed by atoms with Crippen LogP contribution in [0.1, 0.15) is 0 Å². The second-order valence-corrected chi connectivity index (χ2v) is 24.6. The molecule has 0 radical (unpaired) electrons. The molecule has 2 aliphatic heterocycles. The van der Waals surface area contributed by atoms with E-state index in [1.165, 1.54) is 92.5 Å². The van der Waals surface area contributed by atoms with E-state index >= 15 is 0 Å². The molecule has 5 heterocycles. The van der Waals surface area contributed by atoms with Gasteiger partial charge in [-0.3, -0.25) is 0 Å². The molecule has 0 amide bonds. The number of fused-ring (bicyclic) bond motifs is 7. The Morgan fingerprint density at radius 1 is 0.244 bits per heavy atom. The van der Waals surface area contributed by atoms with Gasteiger partial charge in [0.1, 0.15) is 0 Å². The van der Waals surface area contributed by atoms with Gasteiger partial charge in [-0.15, -0.1) is 0 Å². The van der Waals surface area contributed by atoms with E-state index < -0.39 is 0 Å². The summed E-state index contributed by atoms with van der Waals surface area (Å²) in [6, 6.07) is 123. The van der Waals surface area contributed by atoms with Crippen LogP contribution in [0.5, 0.6) is 0 Å². The highest BCUT2D eigenvalue weighted by molar-refractivity contribution is 8.00. The van der Waals surface area contributed by atoms with Crippen molar-refractivity contribution in [1.82, 2.24) is 13.7 Å². The summed E-state index contributed by atoms with van der Waals surface area (Å²) in [6.45, 7) is -0.113. The van der Waals surface area contributed by atoms with Gasteiger partial charge in [0.05, 0.1) is 33.6 Å². The maximum absolute atomic E-state index is 2.57. The molecular formula is C84H55BN4S. The van der Waals surface area contributed by atoms with Crippen LogP contribution in [0.4, 0.5) is 17.1 Å². The second kappa shape index (κ2) is 21.2. The number of rotatable bonds is 10. The van der Waals surface area contributed by atoms with Gasteiger partial charge < -0.3 is 18.6 Å². The second-order valence-electron chi connectivity index (χ2n) is 23.5. The first-order chi connectivity index (χ1) is 44.7. The van der Waals surface area contributed by atoms with Gasteiger partial charge in [0.25, 0.3) is 0 Å². The largest absolute Gasteiger partial charge is 0.311 e. The molecule has 0 unspecified atom stereocenters. The SMILES string of the molecule is c1ccc(-c2c(-c3ccccc3)n(-c3ccc4c(c3)Sc3cc(-n5c(-c6ccccc6)c(-c6ccccc6)c6ccccc65)cc5c3B4c3ccc(-n4c(-c6ccccc6)c(-c6ccccc6)c6ccccc64)cc3N5c3ccccc3)c3ccccc23)cc1. The highest BCUT2D eigenvalue weighted by Gasteiger charge is 2.42. The fourth-order valence-corrected chi connectivity index (χ4v) is 16.0. The highest BCUT2D eigenvalue weighted by Crippen LogP contribution is 2.50. The number of nitrogens with zero attached hydrogens (tertiary/aromatic N) is 4. The van der Waals surface area contributed by atoms with Crippen molar-refractivity contribution < 1.29 is 0 Å². The molecule has 0 bridgehead atoms. The van der Waals surface area contributed by atoms with Crippen LogP contribution in [0.25, 0.3) is 117 Å². The first-order valence-corrected chi connectivity index (χ1v) is 31.8. The fraction of sp³-hybridized carbons (Fsp3) is 0. The van der Waals surface area contributed by atoms with Gasteiger partial charge >= 0.3 is 0 Å². The lowest BCUT2D eigenvalue weighted by atomic mass is 9.35. The van der Waals surface area contributed by atoms with Crippen LogP contribution in [-0.2, 0) is 0 Å². The van der Waals surface area contributed by atoms with Gasteiger partial charge in [-0.1, -0.05) is 284 Å². The smallest absolute Gasteiger partial charge is 0.249 e. The topological polar surface area (TPSA) is 18.0 Å². The number of aromatic nitrogens is 3. The van der Waals surface area contributed by atoms with Gasteiger partial charge in [0.2, 0.25) is 6.71 Å². The van der Waals surface area contributed by atoms with E-state index in [4.69, 9.17) is 0 Å². The van der Waals surface area contributed by atoms with Gasteiger partial charge in [0, 0.05) is 76.8 Å². The molecule has 18 rings (SSSR count). The van der Waals surface area contributed by atoms with Crippen molar-refractivity contribution in [3.05, 3.63) is 334 Å². The zero-order valence-electron chi connectivity index (χ0n) is 49.0. The van der Waals surface area contributed by atoms with E-state index in [1.807, 2.05) is 11.8 Å². The van der Waals surface area contributed by atoms with Crippen LogP contribution in [0.2, 0.25) is 0 Å². The van der Waals surface area contributed by atoms with Crippen LogP contribution in [0.3, 0.4) is 0 Å². The van der Waals surface area contributed by atoms with Crippen LogP contribution < -0.4 is 21.3 Å². The summed E-state index contributed by atoms with van der Waals surface area (Å²) in [6.07, 6.45) is 0. The minimum atomic E-state index is -0.113. The molecule has 4 nitrogen and oxygen atoms in total. The summed E-state index contributed by atoms with van der Waals surface area (Å²) < 4.78 is 7.58. The number of benzene rings is 13. The molecule has 13 aromatic carbocycles. The Morgan fingerprint density at radius 2 is 0.578 bits per heavy atom. The zero-order valence-corrected chi connectivity index (χ0v) is 49.8. The lowest BCUT2D eigenvalue weighted by Gasteiger charge is -2.41. The molecule has 0 aliphatic carbocycles. The molecule has 90 heavy (non-hydrogen) atoms. The van der Waals surface area contributed by atoms with Crippen LogP contribution in [0.15, 0.2) is 343 Å². The van der Waals surface area contributed by atoms with E-state index in [0.29, 0.717) is 0 Å². The Labute approximate surface area is 527 Å². The Kier molecular flexibility index (Phi) is 12.2. The normalized spacial score (nSPS) is 12.4. The molecule has 0 saturated carbocycles. The predicted molar refractivity (Wildman–Crippen MR) is 379 cm³/mol. The average Bonchev–Trinajstić information content (AvgIpc) is 0.773. The van der Waals surface area contributed by atoms with E-state index in [-0.39, 0.29) is 6.71 Å². The van der Waals surface area contributed by atoms with Crippen molar-refractivity contribution in [1.29, 1.82) is 0 Å². The molecule has 2 aliphatic rings. The molecule has 0 saturated heterocycles. The van der Waals surface area contributed by atoms with Crippen LogP contribution in [-0.4, -0.2) is 20.4 Å². The van der Waals surface area contributed by atoms with E-state index in [0.717, 1.165) is 67.7 Å². The summed E-state index contributed by atoms with van der Waals surface area (Å²) in [7, 11) is 0. The van der Waals surface area contributed by atoms with Gasteiger partial charge in [-0.25, -0.2) is 0 Å². The highest BCUT2D eigenvalue weighted by atomic mass is 32.2. The van der Waals surface area contributed by atoms with Crippen molar-refractivity contribution in [3.8, 4) is 84.2 Å². The fourth-order valence-electron chi connectivity index (χ4n) is 14.8. The molecule has 16 aromatic rings. The first kappa shape index (κ1) is 51.9. The van der Waals surface area contributed by atoms with Crippen LogP contribution in [0, 0.1) is 0 Å². The maximum atomic E-state index is 2.57. The average molecular weight is 1160 g/mol. The van der Waals surface area contributed by atoms with Crippen molar-refractivity contribution >= 4 is 84.6 Å². The molecule has 3 aromatic heterocycles. The number of hydrogen-bond donors (Lipinski definition) is 0. The molecule has 0 atom stereocenters. The zero-order chi connectivity index (χ0) is 59.2. The minimum absolute atomic E-state index is 0.113. The Morgan fingerprint density at radius 3 is 1.01 bits per heavy atom. The minimum Gasteiger partial charge on any atom is -0.311 e. The van der Waals surface area contributed by atoms with Crippen molar-refractivity contribution in [3.63, 3.8) is 0 Å². The number of para-hydroxylation sites is 4. The molecule has 0 fully saturated rings. The number of hydrogen-bond acceptors (Lipinski definition) is 2. The maximum Gasteiger partial charge on any atom is 0.249 e. The third-order valence-electron chi connectivity index (χ3n) is 18.5. The molecule has 6 heteroatoms. The van der Waals surface area contributed by atoms with Gasteiger partial charge in [-0.05, 0) is 111 Å². The Balaban J connectivity index is 0.936. The molecule has 0 N–H and O–H groups in total. The van der Waals surface area contributed by atoms with E-state index in [1.54, 1.807) is 0 Å². The standard InChI is InChI=1S/C84H55BN4S/c1-8-28-56(29-9-1)78-66-42-22-25-45-71(66)87(82(78)59-34-14-4-15-35-59)63-48-50-69-74(52-63)86(62-40-20-7-21-41-62)75-53-65(89-73-47-27-24-44-68(73)80(58-32-12-3-13-33-58)84(89)61-38-18-6-19-39-61)55-77-81(75)85(69)70-51-49-64(54-76(70)90-77)88-72-46-26-23-43-67(72)79(57-30-10-2-11-31-57)83(88)60-36-16-5-17-37-60/h1-55H. The van der Waals surface area contributed by atoms with Crippen molar-refractivity contribution in [2.75, 3.05) is 4.90 Å². The summed E-state index contributed by atoms with van der Waals surface area (Å²) in [5.74, 6) is 0. The third-order valence-corrected chi connectivity index (χ3v) is 19.6. The van der Waals surface area contributed by atoms with Gasteiger partial charge in [0.15, 0.2) is 0 Å². The number of anilines is 3. The monoisotopic (exact) mass is 1160 g/mol. The summed E-state index contributed by atoms with van der Waals surface area (Å²) in [5, 5.41) is 3.63. The Hall–Kier alpha value is -11.3. The third kappa shape index (κ3) is 8.19. The molecule has 420 valence electrons. The quantitative estimate of drug-likeness (QED) is 0.127. The summed E-state index contributed by atoms with van der Waals surface area (Å²) in [5.41, 5.74) is 28.2. The molecular weight excluding hydrogens is 1110 g/mol. The van der Waals surface area contributed by atoms with Gasteiger partial charge in [-0.2, -0.15) is 0 Å². The summed E-state index contributed by atoms with van der Waals surface area (Å²) in [4.78, 5) is 5.03. The van der Waals surface area contributed by atoms with Crippen LogP contribution >= 0.6 is 11.8 Å². The van der Waals surface area contributed by atoms with Crippen molar-refractivity contribution in [2.45, 2.75) is 9.79 Å². The first-order valence-electron chi connectivity index (χ1n) is 30.9. The summed E-state index contributed by atoms with van der Waals surface area (Å²) >= 11 is 1.90.